The molecule has 0 aliphatic carbocycles. The van der Waals surface area contributed by atoms with Crippen LogP contribution in [0.2, 0.25) is 0 Å². The summed E-state index contributed by atoms with van der Waals surface area (Å²) in [6.45, 7) is 4.36. The Morgan fingerprint density at radius 3 is 2.28 bits per heavy atom. The molecule has 1 rings (SSSR count). The lowest BCUT2D eigenvalue weighted by Gasteiger charge is -2.32. The number of hydrogen-bond acceptors (Lipinski definition) is 3. The Balaban J connectivity index is 2.66. The van der Waals surface area contributed by atoms with Crippen molar-refractivity contribution in [3.63, 3.8) is 0 Å². The average molecular weight is 254 g/mol. The number of carboxylic acids is 1. The van der Waals surface area contributed by atoms with Gasteiger partial charge < -0.3 is 14.9 Å². The number of carboxylic acid groups (broad SMARTS) is 1. The molecule has 0 atom stereocenters. The van der Waals surface area contributed by atoms with Crippen LogP contribution in [0.5, 0.6) is 0 Å². The Morgan fingerprint density at radius 1 is 1.22 bits per heavy atom. The zero-order valence-corrected chi connectivity index (χ0v) is 10.7. The molecule has 0 radical (unpaired) electrons. The van der Waals surface area contributed by atoms with Crippen LogP contribution in [0.3, 0.4) is 0 Å². The molecule has 2 amide bonds. The normalized spacial score (nSPS) is 17.3. The summed E-state index contributed by atoms with van der Waals surface area (Å²) in [5, 5.41) is 8.85. The molecule has 1 N–H and O–H groups in total. The molecule has 0 spiro atoms. The summed E-state index contributed by atoms with van der Waals surface area (Å²) in [5.41, 5.74) is 0.258. The average Bonchev–Trinajstić information content (AvgIpc) is 2.33. The number of nitrogens with zero attached hydrogens (tertiary/aromatic N) is 2. The topological polar surface area (TPSA) is 77.9 Å². The second kappa shape index (κ2) is 6.18. The predicted octanol–water partition coefficient (Wildman–Crippen LogP) is 0.0981. The highest BCUT2D eigenvalue weighted by Crippen LogP contribution is 2.07. The summed E-state index contributed by atoms with van der Waals surface area (Å²) in [4.78, 5) is 37.0. The van der Waals surface area contributed by atoms with Crippen LogP contribution in [0.25, 0.3) is 0 Å². The first kappa shape index (κ1) is 14.2. The summed E-state index contributed by atoms with van der Waals surface area (Å²) in [6, 6.07) is 0. The van der Waals surface area contributed by atoms with Crippen LogP contribution in [0.15, 0.2) is 11.6 Å². The lowest BCUT2D eigenvalue weighted by molar-refractivity contribution is -0.149. The third-order valence-corrected chi connectivity index (χ3v) is 2.95. The van der Waals surface area contributed by atoms with Gasteiger partial charge in [-0.1, -0.05) is 13.0 Å². The molecule has 0 aromatic rings. The number of piperazine rings is 1. The van der Waals surface area contributed by atoms with Gasteiger partial charge in [0.15, 0.2) is 0 Å². The molecule has 1 fully saturated rings. The van der Waals surface area contributed by atoms with Gasteiger partial charge in [-0.05, 0) is 13.3 Å². The minimum absolute atomic E-state index is 0.0276. The van der Waals surface area contributed by atoms with E-state index < -0.39 is 5.97 Å². The van der Waals surface area contributed by atoms with Crippen LogP contribution in [0.4, 0.5) is 0 Å². The van der Waals surface area contributed by atoms with Crippen LogP contribution < -0.4 is 0 Å². The molecule has 0 unspecified atom stereocenters. The molecule has 18 heavy (non-hydrogen) atoms. The number of aliphatic carboxylic acids is 1. The first-order chi connectivity index (χ1) is 8.49. The second-order valence-corrected chi connectivity index (χ2v) is 4.07. The number of amides is 2. The maximum absolute atomic E-state index is 11.7. The van der Waals surface area contributed by atoms with Gasteiger partial charge in [0, 0.05) is 18.7 Å². The van der Waals surface area contributed by atoms with Crippen molar-refractivity contribution >= 4 is 17.8 Å². The van der Waals surface area contributed by atoms with Crippen molar-refractivity contribution in [2.24, 2.45) is 0 Å². The van der Waals surface area contributed by atoms with Crippen molar-refractivity contribution in [1.82, 2.24) is 9.80 Å². The molecule has 6 nitrogen and oxygen atoms in total. The molecule has 1 saturated heterocycles. The molecule has 100 valence electrons. The third-order valence-electron chi connectivity index (χ3n) is 2.95. The van der Waals surface area contributed by atoms with E-state index in [-0.39, 0.29) is 37.0 Å². The minimum atomic E-state index is -0.983. The molecule has 1 aliphatic heterocycles. The van der Waals surface area contributed by atoms with Crippen molar-refractivity contribution in [3.05, 3.63) is 11.6 Å². The van der Waals surface area contributed by atoms with Crippen molar-refractivity contribution < 1.29 is 19.5 Å². The van der Waals surface area contributed by atoms with Gasteiger partial charge in [-0.3, -0.25) is 9.59 Å². The first-order valence-electron chi connectivity index (χ1n) is 5.97. The fourth-order valence-corrected chi connectivity index (χ4v) is 1.76. The molecule has 0 saturated carbocycles. The monoisotopic (exact) mass is 254 g/mol. The smallest absolute Gasteiger partial charge is 0.331 e. The minimum Gasteiger partial charge on any atom is -0.478 e. The summed E-state index contributed by atoms with van der Waals surface area (Å²) in [5.74, 6) is -1.23. The standard InChI is InChI=1S/C12H18N2O4/c1-3-9(12(17)18)5-6-14-8-10(15)13(4-2)7-11(14)16/h5H,3-4,6-8H2,1-2H3,(H,17,18). The largest absolute Gasteiger partial charge is 0.478 e. The quantitative estimate of drug-likeness (QED) is 0.706. The Kier molecular flexibility index (Phi) is 4.88. The van der Waals surface area contributed by atoms with Crippen LogP contribution in [-0.4, -0.2) is 58.9 Å². The van der Waals surface area contributed by atoms with E-state index in [1.165, 1.54) is 15.9 Å². The van der Waals surface area contributed by atoms with Crippen LogP contribution in [0.1, 0.15) is 20.3 Å². The number of hydrogen-bond donors (Lipinski definition) is 1. The fourth-order valence-electron chi connectivity index (χ4n) is 1.76. The highest BCUT2D eigenvalue weighted by Gasteiger charge is 2.28. The van der Waals surface area contributed by atoms with Gasteiger partial charge in [0.25, 0.3) is 0 Å². The SMILES string of the molecule is CCC(=CCN1CC(=O)N(CC)CC1=O)C(=O)O. The van der Waals surface area contributed by atoms with Crippen molar-refractivity contribution in [1.29, 1.82) is 0 Å². The van der Waals surface area contributed by atoms with Gasteiger partial charge in [0.05, 0.1) is 6.54 Å². The fraction of sp³-hybridized carbons (Fsp3) is 0.583. The highest BCUT2D eigenvalue weighted by molar-refractivity contribution is 5.92. The lowest BCUT2D eigenvalue weighted by Crippen LogP contribution is -2.53. The van der Waals surface area contributed by atoms with Crippen molar-refractivity contribution in [2.45, 2.75) is 20.3 Å². The highest BCUT2D eigenvalue weighted by atomic mass is 16.4. The van der Waals surface area contributed by atoms with E-state index in [2.05, 4.69) is 0 Å². The van der Waals surface area contributed by atoms with Gasteiger partial charge in [-0.15, -0.1) is 0 Å². The van der Waals surface area contributed by atoms with E-state index in [4.69, 9.17) is 5.11 Å². The zero-order valence-electron chi connectivity index (χ0n) is 10.7. The molecule has 0 aromatic carbocycles. The number of likely N-dealkylation sites (N-methyl/N-ethyl adjacent to an activating group) is 1. The lowest BCUT2D eigenvalue weighted by atomic mass is 10.2. The molecular formula is C12H18N2O4. The van der Waals surface area contributed by atoms with E-state index in [0.29, 0.717) is 13.0 Å². The second-order valence-electron chi connectivity index (χ2n) is 4.07. The molecule has 1 aliphatic rings. The van der Waals surface area contributed by atoms with Crippen molar-refractivity contribution in [3.8, 4) is 0 Å². The number of rotatable bonds is 5. The molecule has 6 heteroatoms. The Bertz CT molecular complexity index is 390. The molecule has 0 bridgehead atoms. The van der Waals surface area contributed by atoms with Gasteiger partial charge in [-0.2, -0.15) is 0 Å². The molecular weight excluding hydrogens is 236 g/mol. The van der Waals surface area contributed by atoms with Gasteiger partial charge in [0.1, 0.15) is 6.54 Å². The van der Waals surface area contributed by atoms with Gasteiger partial charge >= 0.3 is 5.97 Å². The molecule has 0 aromatic heterocycles. The van der Waals surface area contributed by atoms with Crippen LogP contribution >= 0.6 is 0 Å². The molecule has 1 heterocycles. The van der Waals surface area contributed by atoms with Crippen LogP contribution in [-0.2, 0) is 14.4 Å². The summed E-state index contributed by atoms with van der Waals surface area (Å²) in [7, 11) is 0. The van der Waals surface area contributed by atoms with E-state index in [1.807, 2.05) is 6.92 Å². The summed E-state index contributed by atoms with van der Waals surface area (Å²) in [6.07, 6.45) is 1.89. The number of carbonyl (C=O) groups is 3. The Hall–Kier alpha value is -1.85. The van der Waals surface area contributed by atoms with Gasteiger partial charge in [0.2, 0.25) is 11.8 Å². The Morgan fingerprint density at radius 2 is 1.78 bits per heavy atom. The maximum atomic E-state index is 11.7. The van der Waals surface area contributed by atoms with E-state index in [0.717, 1.165) is 0 Å². The first-order valence-corrected chi connectivity index (χ1v) is 5.97. The zero-order chi connectivity index (χ0) is 13.7. The van der Waals surface area contributed by atoms with E-state index >= 15 is 0 Å². The third kappa shape index (κ3) is 3.32. The van der Waals surface area contributed by atoms with E-state index in [9.17, 15) is 14.4 Å². The van der Waals surface area contributed by atoms with Crippen LogP contribution in [0, 0.1) is 0 Å². The maximum Gasteiger partial charge on any atom is 0.331 e. The predicted molar refractivity (Wildman–Crippen MR) is 64.8 cm³/mol. The summed E-state index contributed by atoms with van der Waals surface area (Å²) >= 11 is 0. The van der Waals surface area contributed by atoms with Gasteiger partial charge in [-0.25, -0.2) is 4.79 Å². The van der Waals surface area contributed by atoms with E-state index in [1.54, 1.807) is 6.92 Å². The Labute approximate surface area is 106 Å². The number of carbonyl (C=O) groups excluding carboxylic acids is 2. The van der Waals surface area contributed by atoms with Crippen molar-refractivity contribution in [2.75, 3.05) is 26.2 Å². The summed E-state index contributed by atoms with van der Waals surface area (Å²) < 4.78 is 0.